The van der Waals surface area contributed by atoms with Gasteiger partial charge in [-0.1, -0.05) is 60.7 Å². The van der Waals surface area contributed by atoms with Crippen LogP contribution in [0.15, 0.2) is 60.7 Å². The zero-order valence-corrected chi connectivity index (χ0v) is 15.4. The van der Waals surface area contributed by atoms with Crippen LogP contribution in [0.1, 0.15) is 37.2 Å². The van der Waals surface area contributed by atoms with Crippen molar-refractivity contribution in [1.29, 1.82) is 0 Å². The molecule has 2 aromatic carbocycles. The highest BCUT2D eigenvalue weighted by Gasteiger charge is 2.51. The Balaban J connectivity index is 1.77. The quantitative estimate of drug-likeness (QED) is 0.768. The molecular weight excluding hydrogens is 344 g/mol. The van der Waals surface area contributed by atoms with Gasteiger partial charge < -0.3 is 15.1 Å². The van der Waals surface area contributed by atoms with Crippen LogP contribution in [0.3, 0.4) is 0 Å². The van der Waals surface area contributed by atoms with Crippen LogP contribution in [0.25, 0.3) is 0 Å². The molecule has 1 saturated heterocycles. The van der Waals surface area contributed by atoms with E-state index in [1.54, 1.807) is 50.2 Å². The molecule has 0 spiro atoms. The Bertz CT molecular complexity index is 807. The van der Waals surface area contributed by atoms with Gasteiger partial charge in [0, 0.05) is 0 Å². The van der Waals surface area contributed by atoms with E-state index < -0.39 is 23.8 Å². The summed E-state index contributed by atoms with van der Waals surface area (Å²) >= 11 is 0. The van der Waals surface area contributed by atoms with E-state index in [1.165, 1.54) is 4.90 Å². The lowest BCUT2D eigenvalue weighted by molar-refractivity contribution is -0.133. The summed E-state index contributed by atoms with van der Waals surface area (Å²) in [7, 11) is 0. The van der Waals surface area contributed by atoms with Gasteiger partial charge in [-0.05, 0) is 25.0 Å². The molecule has 2 unspecified atom stereocenters. The number of rotatable bonds is 6. The Kier molecular flexibility index (Phi) is 5.30. The van der Waals surface area contributed by atoms with Crippen LogP contribution >= 0.6 is 0 Å². The molecule has 1 heterocycles. The monoisotopic (exact) mass is 368 g/mol. The predicted molar refractivity (Wildman–Crippen MR) is 101 cm³/mol. The van der Waals surface area contributed by atoms with Crippen LogP contribution in [0.2, 0.25) is 0 Å². The second-order valence-electron chi connectivity index (χ2n) is 7.22. The summed E-state index contributed by atoms with van der Waals surface area (Å²) in [6.45, 7) is 3.18. The summed E-state index contributed by atoms with van der Waals surface area (Å²) in [5.74, 6) is -0.386. The maximum atomic E-state index is 12.9. The largest absolute Gasteiger partial charge is 0.387 e. The van der Waals surface area contributed by atoms with E-state index in [0.29, 0.717) is 11.1 Å². The van der Waals surface area contributed by atoms with Crippen molar-refractivity contribution in [3.05, 3.63) is 71.8 Å². The fourth-order valence-corrected chi connectivity index (χ4v) is 3.29. The third-order valence-corrected chi connectivity index (χ3v) is 4.98. The Morgan fingerprint density at radius 1 is 0.815 bits per heavy atom. The maximum Gasteiger partial charge on any atom is 0.327 e. The molecule has 0 aliphatic carbocycles. The normalized spacial score (nSPS) is 18.7. The van der Waals surface area contributed by atoms with Crippen molar-refractivity contribution in [3.63, 3.8) is 0 Å². The molecule has 6 nitrogen and oxygen atoms in total. The molecule has 1 fully saturated rings. The number of urea groups is 1. The molecule has 2 atom stereocenters. The maximum absolute atomic E-state index is 12.9. The standard InChI is InChI=1S/C21H24N2O4/c1-21(2)19(26)22(13-17(24)15-9-5-3-6-10-15)20(27)23(21)14-18(25)16-11-7-4-8-12-16/h3-12,17-18,24-25H,13-14H2,1-2H3. The Labute approximate surface area is 158 Å². The first-order valence-electron chi connectivity index (χ1n) is 8.92. The van der Waals surface area contributed by atoms with E-state index in [9.17, 15) is 19.8 Å². The SMILES string of the molecule is CC1(C)C(=O)N(CC(O)c2ccccc2)C(=O)N1CC(O)c1ccccc1. The predicted octanol–water partition coefficient (Wildman–Crippen LogP) is 2.50. The minimum absolute atomic E-state index is 0.000477. The molecule has 0 radical (unpaired) electrons. The fourth-order valence-electron chi connectivity index (χ4n) is 3.29. The minimum Gasteiger partial charge on any atom is -0.387 e. The Hall–Kier alpha value is -2.70. The minimum atomic E-state index is -1.09. The number of aliphatic hydroxyl groups excluding tert-OH is 2. The molecule has 6 heteroatoms. The summed E-state index contributed by atoms with van der Waals surface area (Å²) in [5.41, 5.74) is 0.221. The van der Waals surface area contributed by atoms with Crippen molar-refractivity contribution in [2.75, 3.05) is 13.1 Å². The van der Waals surface area contributed by atoms with Gasteiger partial charge in [0.1, 0.15) is 5.54 Å². The van der Waals surface area contributed by atoms with Gasteiger partial charge in [0.2, 0.25) is 0 Å². The third kappa shape index (κ3) is 3.72. The van der Waals surface area contributed by atoms with Gasteiger partial charge in [0.15, 0.2) is 0 Å². The van der Waals surface area contributed by atoms with E-state index >= 15 is 0 Å². The number of hydrogen-bond donors (Lipinski definition) is 2. The zero-order chi connectivity index (χ0) is 19.6. The fraction of sp³-hybridized carbons (Fsp3) is 0.333. The molecular formula is C21H24N2O4. The van der Waals surface area contributed by atoms with Gasteiger partial charge >= 0.3 is 6.03 Å². The number of nitrogens with zero attached hydrogens (tertiary/aromatic N) is 2. The average Bonchev–Trinajstić information content (AvgIpc) is 2.84. The number of benzene rings is 2. The molecule has 1 aliphatic rings. The van der Waals surface area contributed by atoms with Crippen molar-refractivity contribution >= 4 is 11.9 Å². The van der Waals surface area contributed by atoms with Crippen LogP contribution in [-0.2, 0) is 4.79 Å². The van der Waals surface area contributed by atoms with E-state index in [2.05, 4.69) is 0 Å². The van der Waals surface area contributed by atoms with E-state index in [-0.39, 0.29) is 19.0 Å². The second kappa shape index (κ2) is 7.50. The van der Waals surface area contributed by atoms with Crippen LogP contribution in [0.5, 0.6) is 0 Å². The molecule has 2 N–H and O–H groups in total. The van der Waals surface area contributed by atoms with Crippen LogP contribution in [0, 0.1) is 0 Å². The number of carbonyl (C=O) groups excluding carboxylic acids is 2. The highest BCUT2D eigenvalue weighted by molar-refractivity contribution is 6.06. The molecule has 0 saturated carbocycles. The number of hydrogen-bond acceptors (Lipinski definition) is 4. The van der Waals surface area contributed by atoms with Gasteiger partial charge in [-0.3, -0.25) is 9.69 Å². The molecule has 27 heavy (non-hydrogen) atoms. The number of carbonyl (C=O) groups is 2. The number of imide groups is 1. The van der Waals surface area contributed by atoms with Gasteiger partial charge in [-0.25, -0.2) is 4.79 Å². The molecule has 3 rings (SSSR count). The van der Waals surface area contributed by atoms with Gasteiger partial charge in [0.05, 0.1) is 25.3 Å². The second-order valence-corrected chi connectivity index (χ2v) is 7.22. The summed E-state index contributed by atoms with van der Waals surface area (Å²) in [6, 6.07) is 17.4. The summed E-state index contributed by atoms with van der Waals surface area (Å²) in [5, 5.41) is 20.9. The highest BCUT2D eigenvalue weighted by atomic mass is 16.3. The molecule has 2 aromatic rings. The number of aliphatic hydroxyl groups is 2. The van der Waals surface area contributed by atoms with Gasteiger partial charge in [-0.15, -0.1) is 0 Å². The lowest BCUT2D eigenvalue weighted by atomic mass is 10.0. The van der Waals surface area contributed by atoms with Crippen molar-refractivity contribution in [1.82, 2.24) is 9.80 Å². The Morgan fingerprint density at radius 2 is 1.26 bits per heavy atom. The van der Waals surface area contributed by atoms with Crippen molar-refractivity contribution < 1.29 is 19.8 Å². The number of β-amino-alcohol motifs (C(OH)–C–C–N with tert-alkyl or cyclic N) is 2. The van der Waals surface area contributed by atoms with E-state index in [1.807, 2.05) is 24.3 Å². The van der Waals surface area contributed by atoms with Crippen molar-refractivity contribution in [2.24, 2.45) is 0 Å². The van der Waals surface area contributed by atoms with Crippen LogP contribution in [-0.4, -0.2) is 50.6 Å². The molecule has 1 aliphatic heterocycles. The lowest BCUT2D eigenvalue weighted by Gasteiger charge is -2.29. The van der Waals surface area contributed by atoms with E-state index in [4.69, 9.17) is 0 Å². The topological polar surface area (TPSA) is 81.1 Å². The molecule has 0 aromatic heterocycles. The molecule has 142 valence electrons. The summed E-state index contributed by atoms with van der Waals surface area (Å²) < 4.78 is 0. The van der Waals surface area contributed by atoms with Crippen LogP contribution in [0.4, 0.5) is 4.79 Å². The summed E-state index contributed by atoms with van der Waals surface area (Å²) in [6.07, 6.45) is -1.87. The zero-order valence-electron chi connectivity index (χ0n) is 15.4. The smallest absolute Gasteiger partial charge is 0.327 e. The first-order chi connectivity index (χ1) is 12.8. The molecule has 3 amide bonds. The van der Waals surface area contributed by atoms with E-state index in [0.717, 1.165) is 4.90 Å². The van der Waals surface area contributed by atoms with Crippen molar-refractivity contribution in [3.8, 4) is 0 Å². The first kappa shape index (κ1) is 19.1. The highest BCUT2D eigenvalue weighted by Crippen LogP contribution is 2.31. The first-order valence-corrected chi connectivity index (χ1v) is 8.92. The lowest BCUT2D eigenvalue weighted by Crippen LogP contribution is -2.46. The number of amides is 3. The summed E-state index contributed by atoms with van der Waals surface area (Å²) in [4.78, 5) is 28.1. The third-order valence-electron chi connectivity index (χ3n) is 4.98. The van der Waals surface area contributed by atoms with Crippen molar-refractivity contribution in [2.45, 2.75) is 31.6 Å². The average molecular weight is 368 g/mol. The van der Waals surface area contributed by atoms with Gasteiger partial charge in [0.25, 0.3) is 5.91 Å². The van der Waals surface area contributed by atoms with Gasteiger partial charge in [-0.2, -0.15) is 0 Å². The molecule has 0 bridgehead atoms. The Morgan fingerprint density at radius 3 is 1.74 bits per heavy atom. The van der Waals surface area contributed by atoms with Crippen LogP contribution < -0.4 is 0 Å².